The molecule has 0 radical (unpaired) electrons. The quantitative estimate of drug-likeness (QED) is 0.788. The maximum absolute atomic E-state index is 13.0. The van der Waals surface area contributed by atoms with Gasteiger partial charge in [-0.05, 0) is 25.0 Å². The lowest BCUT2D eigenvalue weighted by Crippen LogP contribution is -2.43. The maximum atomic E-state index is 13.0. The molecule has 28 heavy (non-hydrogen) atoms. The van der Waals surface area contributed by atoms with E-state index in [2.05, 4.69) is 10.3 Å². The molecule has 8 nitrogen and oxygen atoms in total. The topological polar surface area (TPSA) is 97.3 Å². The van der Waals surface area contributed by atoms with Crippen LogP contribution in [0.25, 0.3) is 0 Å². The number of fused-ring (bicyclic) bond motifs is 1. The van der Waals surface area contributed by atoms with Crippen molar-refractivity contribution in [3.05, 3.63) is 18.2 Å². The molecule has 0 unspecified atom stereocenters. The number of rotatable bonds is 3. The molecule has 1 fully saturated rings. The number of aliphatic imine (C=N–C) groups is 1. The Bertz CT molecular complexity index is 879. The van der Waals surface area contributed by atoms with Crippen molar-refractivity contribution in [1.82, 2.24) is 9.62 Å². The Labute approximate surface area is 168 Å². The summed E-state index contributed by atoms with van der Waals surface area (Å²) in [7, 11) is -3.64. The van der Waals surface area contributed by atoms with E-state index in [1.807, 2.05) is 0 Å². The molecule has 3 heterocycles. The Hall–Kier alpha value is -1.78. The number of nitrogens with zero attached hydrogens (tertiary/aromatic N) is 2. The number of ether oxygens (including phenoxy) is 2. The van der Waals surface area contributed by atoms with Crippen molar-refractivity contribution in [1.29, 1.82) is 0 Å². The van der Waals surface area contributed by atoms with E-state index in [0.717, 1.165) is 18.7 Å². The van der Waals surface area contributed by atoms with Crippen LogP contribution in [-0.4, -0.2) is 62.4 Å². The third-order valence-electron chi connectivity index (χ3n) is 5.00. The molecule has 10 heteroatoms. The zero-order valence-corrected chi connectivity index (χ0v) is 17.1. The van der Waals surface area contributed by atoms with Crippen LogP contribution >= 0.6 is 11.8 Å². The Morgan fingerprint density at radius 1 is 1.18 bits per heavy atom. The molecule has 1 aromatic rings. The van der Waals surface area contributed by atoms with Crippen LogP contribution in [0.4, 0.5) is 0 Å². The minimum absolute atomic E-state index is 0.0687. The maximum Gasteiger partial charge on any atom is 0.243 e. The van der Waals surface area contributed by atoms with E-state index in [9.17, 15) is 13.2 Å². The first kappa shape index (κ1) is 19.5. The van der Waals surface area contributed by atoms with Gasteiger partial charge < -0.3 is 14.8 Å². The summed E-state index contributed by atoms with van der Waals surface area (Å²) in [5.41, 5.74) is 0. The fraction of sp³-hybridized carbons (Fsp3) is 0.556. The molecular weight excluding hydrogens is 402 g/mol. The number of hydrogen-bond donors (Lipinski definition) is 1. The highest BCUT2D eigenvalue weighted by Gasteiger charge is 2.33. The molecule has 0 atom stereocenters. The van der Waals surface area contributed by atoms with Crippen molar-refractivity contribution < 1.29 is 22.7 Å². The summed E-state index contributed by atoms with van der Waals surface area (Å²) in [5, 5.41) is 3.52. The van der Waals surface area contributed by atoms with Crippen molar-refractivity contribution in [2.75, 3.05) is 38.6 Å². The van der Waals surface area contributed by atoms with Gasteiger partial charge in [0.2, 0.25) is 15.9 Å². The Kier molecular flexibility index (Phi) is 5.79. The van der Waals surface area contributed by atoms with E-state index in [1.165, 1.54) is 22.1 Å². The second-order valence-corrected chi connectivity index (χ2v) is 9.88. The van der Waals surface area contributed by atoms with Crippen LogP contribution in [0.5, 0.6) is 11.5 Å². The first-order chi connectivity index (χ1) is 13.5. The van der Waals surface area contributed by atoms with Crippen LogP contribution in [0.1, 0.15) is 19.3 Å². The summed E-state index contributed by atoms with van der Waals surface area (Å²) >= 11 is 1.54. The van der Waals surface area contributed by atoms with E-state index in [1.54, 1.807) is 12.1 Å². The van der Waals surface area contributed by atoms with Gasteiger partial charge >= 0.3 is 0 Å². The summed E-state index contributed by atoms with van der Waals surface area (Å²) in [6.07, 6.45) is 1.75. The first-order valence-corrected chi connectivity index (χ1v) is 11.8. The highest BCUT2D eigenvalue weighted by Crippen LogP contribution is 2.33. The van der Waals surface area contributed by atoms with Crippen LogP contribution in [0.2, 0.25) is 0 Å². The van der Waals surface area contributed by atoms with E-state index >= 15 is 0 Å². The lowest BCUT2D eigenvalue weighted by molar-refractivity contribution is -0.124. The van der Waals surface area contributed by atoms with Gasteiger partial charge in [-0.2, -0.15) is 4.31 Å². The Morgan fingerprint density at radius 3 is 2.64 bits per heavy atom. The number of nitrogens with one attached hydrogen (secondary N) is 1. The number of sulfonamides is 1. The second kappa shape index (κ2) is 8.30. The first-order valence-electron chi connectivity index (χ1n) is 9.42. The molecule has 0 spiro atoms. The summed E-state index contributed by atoms with van der Waals surface area (Å²) in [6, 6.07) is 4.73. The number of piperidine rings is 1. The Morgan fingerprint density at radius 2 is 1.93 bits per heavy atom. The normalized spacial score (nSPS) is 21.1. The monoisotopic (exact) mass is 425 g/mol. The molecule has 3 aliphatic heterocycles. The third-order valence-corrected chi connectivity index (χ3v) is 7.78. The molecule has 4 rings (SSSR count). The predicted octanol–water partition coefficient (Wildman–Crippen LogP) is 1.47. The fourth-order valence-corrected chi connectivity index (χ4v) is 5.65. The van der Waals surface area contributed by atoms with Gasteiger partial charge in [0.15, 0.2) is 16.7 Å². The zero-order valence-electron chi connectivity index (χ0n) is 15.4. The SMILES string of the molecule is O=C(NC1=NCCS1)C1CCN(S(=O)(=O)c2ccc3c(c2)OCCCO3)CC1. The summed E-state index contributed by atoms with van der Waals surface area (Å²) in [4.78, 5) is 16.8. The summed E-state index contributed by atoms with van der Waals surface area (Å²) < 4.78 is 38.7. The van der Waals surface area contributed by atoms with Gasteiger partial charge in [0.25, 0.3) is 0 Å². The van der Waals surface area contributed by atoms with Gasteiger partial charge in [-0.1, -0.05) is 11.8 Å². The van der Waals surface area contributed by atoms with Crippen LogP contribution in [0.15, 0.2) is 28.1 Å². The Balaban J connectivity index is 1.41. The van der Waals surface area contributed by atoms with Crippen molar-refractivity contribution in [2.24, 2.45) is 10.9 Å². The molecule has 152 valence electrons. The van der Waals surface area contributed by atoms with Crippen LogP contribution in [-0.2, 0) is 14.8 Å². The summed E-state index contributed by atoms with van der Waals surface area (Å²) in [6.45, 7) is 2.41. The van der Waals surface area contributed by atoms with E-state index in [4.69, 9.17) is 9.47 Å². The highest BCUT2D eigenvalue weighted by molar-refractivity contribution is 8.14. The number of benzene rings is 1. The van der Waals surface area contributed by atoms with E-state index < -0.39 is 10.0 Å². The van der Waals surface area contributed by atoms with Crippen molar-refractivity contribution in [3.63, 3.8) is 0 Å². The van der Waals surface area contributed by atoms with Crippen LogP contribution in [0.3, 0.4) is 0 Å². The van der Waals surface area contributed by atoms with Crippen molar-refractivity contribution in [3.8, 4) is 11.5 Å². The van der Waals surface area contributed by atoms with Crippen LogP contribution < -0.4 is 14.8 Å². The minimum Gasteiger partial charge on any atom is -0.490 e. The average Bonchev–Trinajstić information content (AvgIpc) is 3.10. The standard InChI is InChI=1S/C18H23N3O5S2/c22-17(20-18-19-6-11-27-18)13-4-7-21(8-5-13)28(23,24)14-2-3-15-16(12-14)26-10-1-9-25-15/h2-3,12-13H,1,4-11H2,(H,19,20,22). The largest absolute Gasteiger partial charge is 0.490 e. The molecule has 0 aromatic heterocycles. The van der Waals surface area contributed by atoms with Gasteiger partial charge in [0.05, 0.1) is 24.7 Å². The number of carbonyl (C=O) groups excluding carboxylic acids is 1. The number of amidine groups is 1. The average molecular weight is 426 g/mol. The van der Waals surface area contributed by atoms with E-state index in [-0.39, 0.29) is 16.7 Å². The summed E-state index contributed by atoms with van der Waals surface area (Å²) in [5.74, 6) is 1.66. The number of amides is 1. The molecular formula is C18H23N3O5S2. The zero-order chi connectivity index (χ0) is 19.6. The minimum atomic E-state index is -3.64. The molecule has 1 N–H and O–H groups in total. The lowest BCUT2D eigenvalue weighted by atomic mass is 9.97. The second-order valence-electron chi connectivity index (χ2n) is 6.86. The van der Waals surface area contributed by atoms with Crippen molar-refractivity contribution in [2.45, 2.75) is 24.2 Å². The number of hydrogen-bond acceptors (Lipinski definition) is 7. The molecule has 0 aliphatic carbocycles. The molecule has 1 saturated heterocycles. The molecule has 3 aliphatic rings. The molecule has 1 amide bonds. The van der Waals surface area contributed by atoms with Gasteiger partial charge in [-0.3, -0.25) is 9.79 Å². The van der Waals surface area contributed by atoms with E-state index in [0.29, 0.717) is 55.8 Å². The van der Waals surface area contributed by atoms with Gasteiger partial charge in [-0.15, -0.1) is 0 Å². The third kappa shape index (κ3) is 4.13. The van der Waals surface area contributed by atoms with Crippen molar-refractivity contribution >= 4 is 32.9 Å². The number of carbonyl (C=O) groups is 1. The number of thioether (sulfide) groups is 1. The smallest absolute Gasteiger partial charge is 0.243 e. The van der Waals surface area contributed by atoms with Gasteiger partial charge in [0.1, 0.15) is 0 Å². The highest BCUT2D eigenvalue weighted by atomic mass is 32.2. The van der Waals surface area contributed by atoms with Crippen LogP contribution in [0, 0.1) is 5.92 Å². The van der Waals surface area contributed by atoms with Gasteiger partial charge in [-0.25, -0.2) is 8.42 Å². The molecule has 0 bridgehead atoms. The molecule has 0 saturated carbocycles. The predicted molar refractivity (Wildman–Crippen MR) is 106 cm³/mol. The fourth-order valence-electron chi connectivity index (χ4n) is 3.43. The lowest BCUT2D eigenvalue weighted by Gasteiger charge is -2.30. The molecule has 1 aromatic carbocycles. The van der Waals surface area contributed by atoms with Gasteiger partial charge in [0, 0.05) is 37.2 Å².